The molecular formula is C16H19N5O2. The van der Waals surface area contributed by atoms with Gasteiger partial charge in [0.15, 0.2) is 5.82 Å². The van der Waals surface area contributed by atoms with Gasteiger partial charge in [0.05, 0.1) is 18.1 Å². The van der Waals surface area contributed by atoms with E-state index in [-0.39, 0.29) is 11.8 Å². The smallest absolute Gasteiger partial charge is 0.230 e. The molecule has 7 nitrogen and oxygen atoms in total. The summed E-state index contributed by atoms with van der Waals surface area (Å²) in [4.78, 5) is 12.3. The fraction of sp³-hybridized carbons (Fsp3) is 0.500. The number of carbonyl (C=O) groups is 1. The largest absolute Gasteiger partial charge is 0.392 e. The molecule has 2 atom stereocenters. The van der Waals surface area contributed by atoms with Crippen LogP contribution >= 0.6 is 0 Å². The molecule has 1 aromatic carbocycles. The second-order valence-electron chi connectivity index (χ2n) is 6.35. The lowest BCUT2D eigenvalue weighted by Gasteiger charge is -2.14. The van der Waals surface area contributed by atoms with Crippen molar-refractivity contribution in [2.45, 2.75) is 44.2 Å². The molecule has 2 fully saturated rings. The van der Waals surface area contributed by atoms with Crippen LogP contribution in [0.1, 0.15) is 38.1 Å². The number of rotatable bonds is 4. The quantitative estimate of drug-likeness (QED) is 0.897. The molecular weight excluding hydrogens is 294 g/mol. The van der Waals surface area contributed by atoms with Gasteiger partial charge in [0.1, 0.15) is 0 Å². The number of benzene rings is 1. The van der Waals surface area contributed by atoms with Crippen LogP contribution in [0.15, 0.2) is 24.3 Å². The first-order valence-corrected chi connectivity index (χ1v) is 8.09. The van der Waals surface area contributed by atoms with E-state index in [9.17, 15) is 9.90 Å². The van der Waals surface area contributed by atoms with Gasteiger partial charge in [-0.05, 0) is 54.7 Å². The molecule has 23 heavy (non-hydrogen) atoms. The van der Waals surface area contributed by atoms with Crippen LogP contribution in [0.4, 0.5) is 5.69 Å². The van der Waals surface area contributed by atoms with Crippen molar-refractivity contribution in [1.82, 2.24) is 20.2 Å². The van der Waals surface area contributed by atoms with Crippen molar-refractivity contribution in [2.24, 2.45) is 5.92 Å². The number of tetrazole rings is 1. The Labute approximate surface area is 133 Å². The van der Waals surface area contributed by atoms with Crippen LogP contribution in [0.3, 0.4) is 0 Å². The molecule has 0 radical (unpaired) electrons. The molecule has 2 unspecified atom stereocenters. The molecule has 2 saturated carbocycles. The van der Waals surface area contributed by atoms with Crippen molar-refractivity contribution in [3.05, 3.63) is 24.3 Å². The van der Waals surface area contributed by atoms with E-state index in [4.69, 9.17) is 0 Å². The summed E-state index contributed by atoms with van der Waals surface area (Å²) in [7, 11) is 0. The number of carbonyl (C=O) groups excluding carboxylic acids is 1. The number of aromatic nitrogens is 4. The average molecular weight is 313 g/mol. The number of aliphatic hydroxyl groups excluding tert-OH is 1. The van der Waals surface area contributed by atoms with Gasteiger partial charge in [-0.3, -0.25) is 4.79 Å². The SMILES string of the molecule is O=C(Nc1cccc(-c2nnnn2C2CC2)c1)C1CCCC1O. The zero-order chi connectivity index (χ0) is 15.8. The minimum Gasteiger partial charge on any atom is -0.392 e. The van der Waals surface area contributed by atoms with Crippen molar-refractivity contribution in [3.63, 3.8) is 0 Å². The number of nitrogens with one attached hydrogen (secondary N) is 1. The van der Waals surface area contributed by atoms with E-state index < -0.39 is 6.10 Å². The zero-order valence-corrected chi connectivity index (χ0v) is 12.7. The van der Waals surface area contributed by atoms with Gasteiger partial charge in [-0.1, -0.05) is 12.1 Å². The molecule has 2 aromatic rings. The van der Waals surface area contributed by atoms with Crippen LogP contribution in [-0.2, 0) is 4.79 Å². The maximum atomic E-state index is 12.3. The van der Waals surface area contributed by atoms with Crippen LogP contribution in [0.5, 0.6) is 0 Å². The monoisotopic (exact) mass is 313 g/mol. The molecule has 0 spiro atoms. The van der Waals surface area contributed by atoms with Crippen LogP contribution in [-0.4, -0.2) is 37.3 Å². The highest BCUT2D eigenvalue weighted by Crippen LogP contribution is 2.37. The predicted molar refractivity (Wildman–Crippen MR) is 83.5 cm³/mol. The molecule has 1 aromatic heterocycles. The molecule has 2 aliphatic carbocycles. The number of amides is 1. The molecule has 120 valence electrons. The Kier molecular flexibility index (Phi) is 3.57. The lowest BCUT2D eigenvalue weighted by atomic mass is 10.0. The molecule has 2 N–H and O–H groups in total. The van der Waals surface area contributed by atoms with E-state index in [1.54, 1.807) is 0 Å². The number of aliphatic hydroxyl groups is 1. The number of hydrogen-bond acceptors (Lipinski definition) is 5. The Balaban J connectivity index is 1.54. The predicted octanol–water partition coefficient (Wildman–Crippen LogP) is 1.77. The summed E-state index contributed by atoms with van der Waals surface area (Å²) in [5, 5.41) is 24.7. The second kappa shape index (κ2) is 5.73. The van der Waals surface area contributed by atoms with Gasteiger partial charge < -0.3 is 10.4 Å². The van der Waals surface area contributed by atoms with Crippen LogP contribution in [0.25, 0.3) is 11.4 Å². The molecule has 0 bridgehead atoms. The van der Waals surface area contributed by atoms with Crippen LogP contribution in [0.2, 0.25) is 0 Å². The summed E-state index contributed by atoms with van der Waals surface area (Å²) in [6.45, 7) is 0. The number of anilines is 1. The Hall–Kier alpha value is -2.28. The third kappa shape index (κ3) is 2.84. The summed E-state index contributed by atoms with van der Waals surface area (Å²) in [5.41, 5.74) is 1.59. The third-order valence-corrected chi connectivity index (χ3v) is 4.59. The first-order chi connectivity index (χ1) is 11.2. The standard InChI is InChI=1S/C16H19N5O2/c22-14-6-2-5-13(14)16(23)17-11-4-1-3-10(9-11)15-18-19-20-21(15)12-7-8-12/h1,3-4,9,12-14,22H,2,5-8H2,(H,17,23). The van der Waals surface area contributed by atoms with Gasteiger partial charge in [0, 0.05) is 11.3 Å². The van der Waals surface area contributed by atoms with Crippen LogP contribution < -0.4 is 5.32 Å². The Bertz CT molecular complexity index is 725. The Morgan fingerprint density at radius 3 is 2.87 bits per heavy atom. The molecule has 4 rings (SSSR count). The van der Waals surface area contributed by atoms with E-state index in [2.05, 4.69) is 20.8 Å². The lowest BCUT2D eigenvalue weighted by molar-refractivity contribution is -0.122. The molecule has 2 aliphatic rings. The summed E-state index contributed by atoms with van der Waals surface area (Å²) in [6, 6.07) is 7.93. The first kappa shape index (κ1) is 14.3. The van der Waals surface area contributed by atoms with E-state index in [0.29, 0.717) is 18.2 Å². The van der Waals surface area contributed by atoms with Crippen molar-refractivity contribution in [1.29, 1.82) is 0 Å². The summed E-state index contributed by atoms with van der Waals surface area (Å²) in [5.74, 6) is 0.300. The third-order valence-electron chi connectivity index (χ3n) is 4.59. The van der Waals surface area contributed by atoms with E-state index in [1.807, 2.05) is 28.9 Å². The highest BCUT2D eigenvalue weighted by Gasteiger charge is 2.31. The maximum Gasteiger partial charge on any atom is 0.230 e. The highest BCUT2D eigenvalue weighted by atomic mass is 16.3. The number of nitrogens with zero attached hydrogens (tertiary/aromatic N) is 4. The molecule has 1 heterocycles. The van der Waals surface area contributed by atoms with E-state index in [1.165, 1.54) is 0 Å². The lowest BCUT2D eigenvalue weighted by Crippen LogP contribution is -2.28. The number of hydrogen-bond donors (Lipinski definition) is 2. The van der Waals surface area contributed by atoms with Crippen LogP contribution in [0, 0.1) is 5.92 Å². The Morgan fingerprint density at radius 2 is 2.13 bits per heavy atom. The summed E-state index contributed by atoms with van der Waals surface area (Å²) >= 11 is 0. The average Bonchev–Trinajstić information content (AvgIpc) is 3.11. The molecule has 1 amide bonds. The van der Waals surface area contributed by atoms with Gasteiger partial charge in [-0.25, -0.2) is 4.68 Å². The minimum atomic E-state index is -0.527. The first-order valence-electron chi connectivity index (χ1n) is 8.09. The van der Waals surface area contributed by atoms with Gasteiger partial charge >= 0.3 is 0 Å². The fourth-order valence-electron chi connectivity index (χ4n) is 3.17. The van der Waals surface area contributed by atoms with Crippen molar-refractivity contribution < 1.29 is 9.90 Å². The fourth-order valence-corrected chi connectivity index (χ4v) is 3.17. The molecule has 0 aliphatic heterocycles. The van der Waals surface area contributed by atoms with Crippen molar-refractivity contribution in [3.8, 4) is 11.4 Å². The molecule has 7 heteroatoms. The van der Waals surface area contributed by atoms with Gasteiger partial charge in [-0.2, -0.15) is 0 Å². The van der Waals surface area contributed by atoms with E-state index in [0.717, 1.165) is 37.1 Å². The zero-order valence-electron chi connectivity index (χ0n) is 12.7. The van der Waals surface area contributed by atoms with Crippen molar-refractivity contribution >= 4 is 11.6 Å². The normalized spacial score (nSPS) is 23.9. The topological polar surface area (TPSA) is 92.9 Å². The van der Waals surface area contributed by atoms with Gasteiger partial charge in [0.25, 0.3) is 0 Å². The summed E-state index contributed by atoms with van der Waals surface area (Å²) < 4.78 is 1.85. The highest BCUT2D eigenvalue weighted by molar-refractivity contribution is 5.93. The molecule has 0 saturated heterocycles. The minimum absolute atomic E-state index is 0.117. The van der Waals surface area contributed by atoms with Gasteiger partial charge in [0.2, 0.25) is 5.91 Å². The second-order valence-corrected chi connectivity index (χ2v) is 6.35. The van der Waals surface area contributed by atoms with Gasteiger partial charge in [-0.15, -0.1) is 5.10 Å². The maximum absolute atomic E-state index is 12.3. The Morgan fingerprint density at radius 1 is 1.26 bits per heavy atom. The summed E-state index contributed by atoms with van der Waals surface area (Å²) in [6.07, 6.45) is 4.03. The van der Waals surface area contributed by atoms with E-state index >= 15 is 0 Å². The van der Waals surface area contributed by atoms with Crippen molar-refractivity contribution in [2.75, 3.05) is 5.32 Å².